The molecule has 0 aliphatic carbocycles. The highest BCUT2D eigenvalue weighted by molar-refractivity contribution is 5.65. The van der Waals surface area contributed by atoms with E-state index in [0.717, 1.165) is 0 Å². The summed E-state index contributed by atoms with van der Waals surface area (Å²) in [6, 6.07) is -0.200. The predicted octanol–water partition coefficient (Wildman–Crippen LogP) is 0.421. The third-order valence-electron chi connectivity index (χ3n) is 3.97. The number of aliphatic hydroxyl groups is 2. The quantitative estimate of drug-likeness (QED) is 0.668. The van der Waals surface area contributed by atoms with Gasteiger partial charge in [0.05, 0.1) is 18.2 Å². The second kappa shape index (κ2) is 5.42. The summed E-state index contributed by atoms with van der Waals surface area (Å²) in [7, 11) is 0. The molecular formula is C12H21NO5. The van der Waals surface area contributed by atoms with Crippen LogP contribution in [0.15, 0.2) is 0 Å². The lowest BCUT2D eigenvalue weighted by atomic mass is 9.84. The van der Waals surface area contributed by atoms with Gasteiger partial charge in [0, 0.05) is 19.3 Å². The number of piperidine rings is 1. The fourth-order valence-electron chi connectivity index (χ4n) is 2.85. The summed E-state index contributed by atoms with van der Waals surface area (Å²) in [5.74, 6) is 0. The topological polar surface area (TPSA) is 90.2 Å². The monoisotopic (exact) mass is 259 g/mol. The van der Waals surface area contributed by atoms with Gasteiger partial charge in [0.1, 0.15) is 0 Å². The maximum atomic E-state index is 11.2. The van der Waals surface area contributed by atoms with E-state index < -0.39 is 17.8 Å². The van der Waals surface area contributed by atoms with E-state index in [9.17, 15) is 15.0 Å². The Morgan fingerprint density at radius 1 is 1.33 bits per heavy atom. The Labute approximate surface area is 106 Å². The zero-order valence-corrected chi connectivity index (χ0v) is 10.4. The number of aliphatic hydroxyl groups excluding tert-OH is 1. The molecule has 6 nitrogen and oxygen atoms in total. The van der Waals surface area contributed by atoms with E-state index >= 15 is 0 Å². The van der Waals surface area contributed by atoms with Crippen LogP contribution in [0.4, 0.5) is 4.79 Å². The van der Waals surface area contributed by atoms with Crippen LogP contribution in [0.2, 0.25) is 0 Å². The number of amides is 1. The van der Waals surface area contributed by atoms with E-state index in [1.54, 1.807) is 0 Å². The van der Waals surface area contributed by atoms with Gasteiger partial charge in [-0.15, -0.1) is 0 Å². The molecule has 18 heavy (non-hydrogen) atoms. The predicted molar refractivity (Wildman–Crippen MR) is 63.4 cm³/mol. The van der Waals surface area contributed by atoms with Crippen LogP contribution in [-0.2, 0) is 4.74 Å². The summed E-state index contributed by atoms with van der Waals surface area (Å²) in [4.78, 5) is 12.4. The summed E-state index contributed by atoms with van der Waals surface area (Å²) < 4.78 is 5.22. The highest BCUT2D eigenvalue weighted by Crippen LogP contribution is 2.31. The Hall–Kier alpha value is -0.850. The van der Waals surface area contributed by atoms with Gasteiger partial charge in [0.15, 0.2) is 0 Å². The molecule has 0 bridgehead atoms. The molecule has 0 spiro atoms. The van der Waals surface area contributed by atoms with Gasteiger partial charge in [-0.25, -0.2) is 4.79 Å². The van der Waals surface area contributed by atoms with Crippen molar-refractivity contribution in [3.05, 3.63) is 0 Å². The molecule has 2 fully saturated rings. The minimum Gasteiger partial charge on any atom is -0.465 e. The van der Waals surface area contributed by atoms with Gasteiger partial charge in [-0.3, -0.25) is 0 Å². The standard InChI is InChI=1S/C12H21NO5/c14-10-2-1-9(13(8-10)11(15)16)7-12(17)3-5-18-6-4-12/h9-10,14,17H,1-8H2,(H,15,16)/t9-,10?/m1/s1. The van der Waals surface area contributed by atoms with E-state index in [1.165, 1.54) is 4.90 Å². The lowest BCUT2D eigenvalue weighted by molar-refractivity contribution is -0.0857. The van der Waals surface area contributed by atoms with Crippen LogP contribution in [0.3, 0.4) is 0 Å². The third-order valence-corrected chi connectivity index (χ3v) is 3.97. The number of ether oxygens (including phenoxy) is 1. The molecule has 2 saturated heterocycles. The lowest BCUT2D eigenvalue weighted by Gasteiger charge is -2.41. The number of likely N-dealkylation sites (tertiary alicyclic amines) is 1. The average Bonchev–Trinajstić information content (AvgIpc) is 2.32. The summed E-state index contributed by atoms with van der Waals surface area (Å²) in [6.45, 7) is 1.20. The van der Waals surface area contributed by atoms with Crippen LogP contribution in [0, 0.1) is 0 Å². The van der Waals surface area contributed by atoms with E-state index in [4.69, 9.17) is 9.84 Å². The maximum Gasteiger partial charge on any atom is 0.407 e. The Kier molecular flexibility index (Phi) is 4.09. The van der Waals surface area contributed by atoms with Crippen molar-refractivity contribution < 1.29 is 24.9 Å². The lowest BCUT2D eigenvalue weighted by Crippen LogP contribution is -2.52. The second-order valence-electron chi connectivity index (χ2n) is 5.36. The molecule has 2 atom stereocenters. The molecular weight excluding hydrogens is 238 g/mol. The third kappa shape index (κ3) is 3.13. The van der Waals surface area contributed by atoms with Crippen molar-refractivity contribution in [1.82, 2.24) is 4.90 Å². The summed E-state index contributed by atoms with van der Waals surface area (Å²) in [5.41, 5.74) is -0.821. The van der Waals surface area contributed by atoms with Crippen molar-refractivity contribution in [1.29, 1.82) is 0 Å². The van der Waals surface area contributed by atoms with Gasteiger partial charge in [-0.1, -0.05) is 0 Å². The normalized spacial score (nSPS) is 32.2. The zero-order valence-electron chi connectivity index (χ0n) is 10.4. The fourth-order valence-corrected chi connectivity index (χ4v) is 2.85. The molecule has 2 heterocycles. The van der Waals surface area contributed by atoms with Gasteiger partial charge in [0.25, 0.3) is 0 Å². The Balaban J connectivity index is 1.99. The van der Waals surface area contributed by atoms with Crippen molar-refractivity contribution >= 4 is 6.09 Å². The number of nitrogens with zero attached hydrogens (tertiary/aromatic N) is 1. The van der Waals surface area contributed by atoms with E-state index in [1.807, 2.05) is 0 Å². The van der Waals surface area contributed by atoms with Crippen LogP contribution in [-0.4, -0.2) is 63.8 Å². The van der Waals surface area contributed by atoms with Gasteiger partial charge < -0.3 is 25.0 Å². The highest BCUT2D eigenvalue weighted by atomic mass is 16.5. The van der Waals surface area contributed by atoms with E-state index in [2.05, 4.69) is 0 Å². The minimum absolute atomic E-state index is 0.145. The fraction of sp³-hybridized carbons (Fsp3) is 0.917. The minimum atomic E-state index is -1.02. The maximum absolute atomic E-state index is 11.2. The first-order chi connectivity index (χ1) is 8.50. The van der Waals surface area contributed by atoms with Crippen LogP contribution < -0.4 is 0 Å². The van der Waals surface area contributed by atoms with Crippen LogP contribution in [0.25, 0.3) is 0 Å². The van der Waals surface area contributed by atoms with Crippen molar-refractivity contribution in [2.45, 2.75) is 49.9 Å². The molecule has 1 amide bonds. The number of rotatable bonds is 2. The first kappa shape index (κ1) is 13.6. The average molecular weight is 259 g/mol. The molecule has 3 N–H and O–H groups in total. The molecule has 0 aromatic rings. The first-order valence-electron chi connectivity index (χ1n) is 6.48. The number of hydrogen-bond donors (Lipinski definition) is 3. The van der Waals surface area contributed by atoms with Gasteiger partial charge in [0.2, 0.25) is 0 Å². The molecule has 2 aliphatic heterocycles. The molecule has 0 saturated carbocycles. The van der Waals surface area contributed by atoms with Crippen molar-refractivity contribution in [3.8, 4) is 0 Å². The summed E-state index contributed by atoms with van der Waals surface area (Å²) >= 11 is 0. The number of hydrogen-bond acceptors (Lipinski definition) is 4. The molecule has 0 aromatic heterocycles. The van der Waals surface area contributed by atoms with Crippen LogP contribution in [0.1, 0.15) is 32.1 Å². The molecule has 0 radical (unpaired) electrons. The van der Waals surface area contributed by atoms with Gasteiger partial charge >= 0.3 is 6.09 Å². The first-order valence-corrected chi connectivity index (χ1v) is 6.48. The van der Waals surface area contributed by atoms with Gasteiger partial charge in [-0.2, -0.15) is 0 Å². The summed E-state index contributed by atoms with van der Waals surface area (Å²) in [6.07, 6.45) is 1.16. The van der Waals surface area contributed by atoms with Crippen molar-refractivity contribution in [3.63, 3.8) is 0 Å². The van der Waals surface area contributed by atoms with Crippen LogP contribution in [0.5, 0.6) is 0 Å². The molecule has 1 unspecified atom stereocenters. The SMILES string of the molecule is O=C(O)N1CC(O)CC[C@@H]1CC1(O)CCOCC1. The number of carboxylic acid groups (broad SMARTS) is 1. The smallest absolute Gasteiger partial charge is 0.407 e. The zero-order chi connectivity index (χ0) is 13.2. The molecule has 6 heteroatoms. The Morgan fingerprint density at radius 2 is 2.00 bits per heavy atom. The summed E-state index contributed by atoms with van der Waals surface area (Å²) in [5, 5.41) is 29.1. The van der Waals surface area contributed by atoms with E-state index in [-0.39, 0.29) is 12.6 Å². The second-order valence-corrected chi connectivity index (χ2v) is 5.36. The number of β-amino-alcohol motifs (C(OH)–C–C–N with tert-alkyl or cyclic N) is 1. The molecule has 0 aromatic carbocycles. The largest absolute Gasteiger partial charge is 0.465 e. The van der Waals surface area contributed by atoms with Crippen LogP contribution >= 0.6 is 0 Å². The molecule has 104 valence electrons. The highest BCUT2D eigenvalue weighted by Gasteiger charge is 2.38. The number of carbonyl (C=O) groups is 1. The van der Waals surface area contributed by atoms with Crippen molar-refractivity contribution in [2.75, 3.05) is 19.8 Å². The van der Waals surface area contributed by atoms with Crippen molar-refractivity contribution in [2.24, 2.45) is 0 Å². The van der Waals surface area contributed by atoms with E-state index in [0.29, 0.717) is 45.3 Å². The Morgan fingerprint density at radius 3 is 2.61 bits per heavy atom. The Bertz CT molecular complexity index is 303. The molecule has 2 aliphatic rings. The molecule has 2 rings (SSSR count). The van der Waals surface area contributed by atoms with Gasteiger partial charge in [-0.05, 0) is 32.1 Å².